The fraction of sp³-hybridized carbons (Fsp3) is 0.185. The molecule has 5 nitrogen and oxygen atoms in total. The van der Waals surface area contributed by atoms with Crippen LogP contribution in [0.5, 0.6) is 0 Å². The Balaban J connectivity index is 1.48. The van der Waals surface area contributed by atoms with Crippen LogP contribution in [0.25, 0.3) is 0 Å². The lowest BCUT2D eigenvalue weighted by atomic mass is 10.1. The molecule has 36 heavy (non-hydrogen) atoms. The van der Waals surface area contributed by atoms with Gasteiger partial charge in [0.25, 0.3) is 5.91 Å². The zero-order chi connectivity index (χ0) is 25.5. The molecule has 0 aliphatic rings. The number of amides is 1. The average Bonchev–Trinajstić information content (AvgIpc) is 3.32. The molecule has 1 heterocycles. The van der Waals surface area contributed by atoms with Crippen molar-refractivity contribution in [3.63, 3.8) is 0 Å². The molecule has 1 N–H and O–H groups in total. The van der Waals surface area contributed by atoms with E-state index >= 15 is 0 Å². The van der Waals surface area contributed by atoms with Crippen LogP contribution in [0.15, 0.2) is 89.5 Å². The molecule has 0 aliphatic carbocycles. The van der Waals surface area contributed by atoms with Gasteiger partial charge in [0.1, 0.15) is 12.1 Å². The third-order valence-corrected chi connectivity index (χ3v) is 5.48. The van der Waals surface area contributed by atoms with Crippen LogP contribution < -0.4 is 5.32 Å². The van der Waals surface area contributed by atoms with E-state index in [-0.39, 0.29) is 42.6 Å². The number of oxazole rings is 1. The van der Waals surface area contributed by atoms with Gasteiger partial charge in [-0.3, -0.25) is 9.69 Å². The Hall–Kier alpha value is -3.98. The number of hydrogen-bond donors (Lipinski definition) is 1. The monoisotopic (exact) mass is 497 g/mol. The smallest absolute Gasteiger partial charge is 0.416 e. The van der Waals surface area contributed by atoms with E-state index in [0.29, 0.717) is 12.1 Å². The second-order valence-electron chi connectivity index (χ2n) is 8.22. The highest BCUT2D eigenvalue weighted by Gasteiger charge is 2.33. The van der Waals surface area contributed by atoms with Crippen molar-refractivity contribution in [3.05, 3.63) is 125 Å². The van der Waals surface area contributed by atoms with Crippen molar-refractivity contribution in [3.8, 4) is 0 Å². The number of alkyl halides is 3. The number of aromatic nitrogens is 1. The van der Waals surface area contributed by atoms with E-state index in [9.17, 15) is 22.4 Å². The van der Waals surface area contributed by atoms with Gasteiger partial charge in [-0.2, -0.15) is 13.2 Å². The van der Waals surface area contributed by atoms with Crippen molar-refractivity contribution in [2.45, 2.75) is 32.4 Å². The Morgan fingerprint density at radius 2 is 1.56 bits per heavy atom. The Morgan fingerprint density at radius 1 is 0.861 bits per heavy atom. The first kappa shape index (κ1) is 25.1. The number of hydrogen-bond acceptors (Lipinski definition) is 4. The fourth-order valence-corrected chi connectivity index (χ4v) is 3.74. The first-order chi connectivity index (χ1) is 17.3. The SMILES string of the molecule is O=C(NCc1ccc(F)cc1)c1coc(CN(Cc2ccccc2)Cc2ccccc2C(F)(F)F)n1. The second-order valence-corrected chi connectivity index (χ2v) is 8.22. The number of nitrogens with one attached hydrogen (secondary N) is 1. The van der Waals surface area contributed by atoms with E-state index < -0.39 is 17.6 Å². The summed E-state index contributed by atoms with van der Waals surface area (Å²) in [5, 5.41) is 2.68. The molecule has 0 fully saturated rings. The summed E-state index contributed by atoms with van der Waals surface area (Å²) in [4.78, 5) is 18.5. The highest BCUT2D eigenvalue weighted by atomic mass is 19.4. The van der Waals surface area contributed by atoms with Gasteiger partial charge in [0.15, 0.2) is 5.69 Å². The van der Waals surface area contributed by atoms with Crippen LogP contribution in [0, 0.1) is 5.82 Å². The lowest BCUT2D eigenvalue weighted by Crippen LogP contribution is -2.25. The normalized spacial score (nSPS) is 11.6. The van der Waals surface area contributed by atoms with E-state index in [2.05, 4.69) is 10.3 Å². The lowest BCUT2D eigenvalue weighted by molar-refractivity contribution is -0.138. The molecule has 0 unspecified atom stereocenters. The Labute approximate surface area is 205 Å². The summed E-state index contributed by atoms with van der Waals surface area (Å²) in [7, 11) is 0. The fourth-order valence-electron chi connectivity index (χ4n) is 3.74. The van der Waals surface area contributed by atoms with Crippen molar-refractivity contribution in [2.75, 3.05) is 0 Å². The maximum atomic E-state index is 13.5. The molecule has 186 valence electrons. The first-order valence-electron chi connectivity index (χ1n) is 11.2. The van der Waals surface area contributed by atoms with Gasteiger partial charge in [0.05, 0.1) is 12.1 Å². The molecule has 0 saturated carbocycles. The number of carbonyl (C=O) groups is 1. The molecule has 0 radical (unpaired) electrons. The van der Waals surface area contributed by atoms with Crippen molar-refractivity contribution in [1.29, 1.82) is 0 Å². The minimum Gasteiger partial charge on any atom is -0.447 e. The van der Waals surface area contributed by atoms with Gasteiger partial charge in [0, 0.05) is 19.6 Å². The maximum absolute atomic E-state index is 13.5. The Bertz CT molecular complexity index is 1290. The standard InChI is InChI=1S/C27H23F4N3O2/c28-22-12-10-19(11-13-22)14-32-26(35)24-18-36-25(33-24)17-34(15-20-6-2-1-3-7-20)16-21-8-4-5-9-23(21)27(29,30)31/h1-13,18H,14-17H2,(H,32,35). The van der Waals surface area contributed by atoms with Crippen molar-refractivity contribution in [1.82, 2.24) is 15.2 Å². The molecule has 0 bridgehead atoms. The van der Waals surface area contributed by atoms with Crippen LogP contribution in [-0.4, -0.2) is 15.8 Å². The number of nitrogens with zero attached hydrogens (tertiary/aromatic N) is 2. The topological polar surface area (TPSA) is 58.4 Å². The molecule has 1 aromatic heterocycles. The molecule has 0 atom stereocenters. The summed E-state index contributed by atoms with van der Waals surface area (Å²) in [5.41, 5.74) is 1.10. The van der Waals surface area contributed by atoms with Gasteiger partial charge in [-0.15, -0.1) is 0 Å². The average molecular weight is 497 g/mol. The molecule has 4 aromatic rings. The molecule has 9 heteroatoms. The van der Waals surface area contributed by atoms with E-state index in [4.69, 9.17) is 4.42 Å². The molecule has 0 saturated heterocycles. The highest BCUT2D eigenvalue weighted by Crippen LogP contribution is 2.32. The number of rotatable bonds is 9. The minimum absolute atomic E-state index is 0.000938. The lowest BCUT2D eigenvalue weighted by Gasteiger charge is -2.23. The third kappa shape index (κ3) is 6.79. The zero-order valence-corrected chi connectivity index (χ0v) is 19.1. The van der Waals surface area contributed by atoms with Crippen LogP contribution in [0.4, 0.5) is 17.6 Å². The van der Waals surface area contributed by atoms with Gasteiger partial charge < -0.3 is 9.73 Å². The van der Waals surface area contributed by atoms with Crippen molar-refractivity contribution < 1.29 is 26.8 Å². The summed E-state index contributed by atoms with van der Waals surface area (Å²) in [5.74, 6) is -0.655. The van der Waals surface area contributed by atoms with Gasteiger partial charge in [-0.05, 0) is 34.9 Å². The number of halogens is 4. The van der Waals surface area contributed by atoms with Crippen LogP contribution >= 0.6 is 0 Å². The van der Waals surface area contributed by atoms with Crippen LogP contribution in [-0.2, 0) is 32.4 Å². The van der Waals surface area contributed by atoms with E-state index in [1.54, 1.807) is 23.1 Å². The molecule has 4 rings (SSSR count). The molecule has 0 aliphatic heterocycles. The van der Waals surface area contributed by atoms with Crippen LogP contribution in [0.3, 0.4) is 0 Å². The van der Waals surface area contributed by atoms with E-state index in [1.165, 1.54) is 30.5 Å². The van der Waals surface area contributed by atoms with Gasteiger partial charge in [-0.25, -0.2) is 9.37 Å². The van der Waals surface area contributed by atoms with Crippen molar-refractivity contribution >= 4 is 5.91 Å². The van der Waals surface area contributed by atoms with Crippen LogP contribution in [0.2, 0.25) is 0 Å². The first-order valence-corrected chi connectivity index (χ1v) is 11.2. The highest BCUT2D eigenvalue weighted by molar-refractivity contribution is 5.91. The van der Waals surface area contributed by atoms with Crippen LogP contribution in [0.1, 0.15) is 38.6 Å². The minimum atomic E-state index is -4.48. The van der Waals surface area contributed by atoms with Crippen molar-refractivity contribution in [2.24, 2.45) is 0 Å². The summed E-state index contributed by atoms with van der Waals surface area (Å²) >= 11 is 0. The summed E-state index contributed by atoms with van der Waals surface area (Å²) < 4.78 is 59.2. The molecular weight excluding hydrogens is 474 g/mol. The summed E-state index contributed by atoms with van der Waals surface area (Å²) in [6, 6.07) is 20.5. The van der Waals surface area contributed by atoms with E-state index in [1.807, 2.05) is 30.3 Å². The maximum Gasteiger partial charge on any atom is 0.416 e. The van der Waals surface area contributed by atoms with Gasteiger partial charge in [-0.1, -0.05) is 60.7 Å². The Morgan fingerprint density at radius 3 is 2.28 bits per heavy atom. The molecule has 3 aromatic carbocycles. The van der Waals surface area contributed by atoms with Gasteiger partial charge in [0.2, 0.25) is 5.89 Å². The summed E-state index contributed by atoms with van der Waals surface area (Å²) in [6.07, 6.45) is -3.27. The Kier molecular flexibility index (Phi) is 7.80. The van der Waals surface area contributed by atoms with Gasteiger partial charge >= 0.3 is 6.18 Å². The number of benzene rings is 3. The van der Waals surface area contributed by atoms with E-state index in [0.717, 1.165) is 11.6 Å². The predicted octanol–water partition coefficient (Wildman–Crippen LogP) is 5.96. The third-order valence-electron chi connectivity index (χ3n) is 5.48. The predicted molar refractivity (Wildman–Crippen MR) is 125 cm³/mol. The quantitative estimate of drug-likeness (QED) is 0.290. The molecular formula is C27H23F4N3O2. The largest absolute Gasteiger partial charge is 0.447 e. The molecule has 1 amide bonds. The summed E-state index contributed by atoms with van der Waals surface area (Å²) in [6.45, 7) is 0.614. The molecule has 0 spiro atoms. The zero-order valence-electron chi connectivity index (χ0n) is 19.1. The second kappa shape index (κ2) is 11.2. The number of carbonyl (C=O) groups excluding carboxylic acids is 1.